The molecule has 0 fully saturated rings. The number of hydrogen-bond acceptors (Lipinski definition) is 4. The van der Waals surface area contributed by atoms with E-state index in [4.69, 9.17) is 9.52 Å². The van der Waals surface area contributed by atoms with Gasteiger partial charge in [0.2, 0.25) is 5.89 Å². The molecule has 0 aliphatic heterocycles. The molecule has 1 aromatic heterocycles. The molecule has 1 aromatic carbocycles. The van der Waals surface area contributed by atoms with Crippen LogP contribution in [-0.4, -0.2) is 22.6 Å². The fourth-order valence-corrected chi connectivity index (χ4v) is 1.67. The Kier molecular flexibility index (Phi) is 5.13. The van der Waals surface area contributed by atoms with Gasteiger partial charge >= 0.3 is 0 Å². The quantitative estimate of drug-likeness (QED) is 0.837. The summed E-state index contributed by atoms with van der Waals surface area (Å²) in [5.41, 5.74) is 1.36. The van der Waals surface area contributed by atoms with E-state index in [1.165, 1.54) is 0 Å². The van der Waals surface area contributed by atoms with Crippen LogP contribution in [-0.2, 0) is 6.54 Å². The fourth-order valence-electron chi connectivity index (χ4n) is 1.67. The third-order valence-electron chi connectivity index (χ3n) is 2.69. The summed E-state index contributed by atoms with van der Waals surface area (Å²) < 4.78 is 5.28. The molecule has 108 valence electrons. The number of oxazole rings is 1. The van der Waals surface area contributed by atoms with Gasteiger partial charge in [-0.25, -0.2) is 4.98 Å². The molecule has 2 N–H and O–H groups in total. The number of benzene rings is 1. The van der Waals surface area contributed by atoms with Gasteiger partial charge in [0.1, 0.15) is 5.76 Å². The van der Waals surface area contributed by atoms with Crippen LogP contribution in [0.1, 0.15) is 34.0 Å². The Balaban J connectivity index is 1.92. The summed E-state index contributed by atoms with van der Waals surface area (Å²) >= 11 is 0. The maximum Gasteiger partial charge on any atom is 0.251 e. The van der Waals surface area contributed by atoms with E-state index >= 15 is 0 Å². The minimum Gasteiger partial charge on any atom is -0.444 e. The zero-order chi connectivity index (χ0) is 15.1. The van der Waals surface area contributed by atoms with Crippen molar-refractivity contribution in [1.29, 1.82) is 0 Å². The van der Waals surface area contributed by atoms with Crippen LogP contribution in [0.5, 0.6) is 0 Å². The number of hydrogen-bond donors (Lipinski definition) is 2. The van der Waals surface area contributed by atoms with Crippen molar-refractivity contribution < 1.29 is 14.3 Å². The number of amides is 1. The van der Waals surface area contributed by atoms with Gasteiger partial charge < -0.3 is 14.8 Å². The second kappa shape index (κ2) is 7.27. The Hall–Kier alpha value is -2.58. The normalized spacial score (nSPS) is 9.81. The van der Waals surface area contributed by atoms with E-state index in [1.54, 1.807) is 37.4 Å². The third kappa shape index (κ3) is 4.48. The van der Waals surface area contributed by atoms with Crippen molar-refractivity contribution in [3.05, 3.63) is 53.2 Å². The number of carbonyl (C=O) groups is 1. The van der Waals surface area contributed by atoms with Gasteiger partial charge in [-0.3, -0.25) is 4.79 Å². The van der Waals surface area contributed by atoms with Crippen molar-refractivity contribution in [2.45, 2.75) is 19.9 Å². The first-order valence-corrected chi connectivity index (χ1v) is 6.58. The van der Waals surface area contributed by atoms with E-state index in [0.717, 1.165) is 5.56 Å². The molecule has 0 unspecified atom stereocenters. The molecule has 0 spiro atoms. The number of nitrogens with zero attached hydrogens (tertiary/aromatic N) is 1. The number of aliphatic hydroxyl groups is 1. The van der Waals surface area contributed by atoms with Gasteiger partial charge in [-0.05, 0) is 31.2 Å². The number of carbonyl (C=O) groups excluding carboxylic acids is 1. The van der Waals surface area contributed by atoms with E-state index in [9.17, 15) is 4.79 Å². The number of aliphatic hydroxyl groups excluding tert-OH is 1. The molecule has 5 nitrogen and oxygen atoms in total. The lowest BCUT2D eigenvalue weighted by molar-refractivity contribution is 0.0947. The molecule has 21 heavy (non-hydrogen) atoms. The Bertz CT molecular complexity index is 663. The van der Waals surface area contributed by atoms with Crippen LogP contribution >= 0.6 is 0 Å². The van der Waals surface area contributed by atoms with Crippen LogP contribution in [0.25, 0.3) is 0 Å². The van der Waals surface area contributed by atoms with Gasteiger partial charge in [0.05, 0.1) is 19.3 Å². The molecule has 2 rings (SSSR count). The van der Waals surface area contributed by atoms with Crippen LogP contribution in [0.2, 0.25) is 0 Å². The summed E-state index contributed by atoms with van der Waals surface area (Å²) in [6.07, 6.45) is 2.05. The fraction of sp³-hybridized carbons (Fsp3) is 0.250. The average molecular weight is 284 g/mol. The second-order valence-corrected chi connectivity index (χ2v) is 4.40. The summed E-state index contributed by atoms with van der Waals surface area (Å²) in [4.78, 5) is 16.0. The van der Waals surface area contributed by atoms with Crippen LogP contribution in [0.3, 0.4) is 0 Å². The van der Waals surface area contributed by atoms with Gasteiger partial charge in [0.15, 0.2) is 0 Å². The van der Waals surface area contributed by atoms with Gasteiger partial charge in [0, 0.05) is 17.5 Å². The smallest absolute Gasteiger partial charge is 0.251 e. The molecular weight excluding hydrogens is 268 g/mol. The summed E-state index contributed by atoms with van der Waals surface area (Å²) in [5, 5.41) is 11.4. The predicted molar refractivity (Wildman–Crippen MR) is 77.4 cm³/mol. The zero-order valence-corrected chi connectivity index (χ0v) is 11.7. The zero-order valence-electron chi connectivity index (χ0n) is 11.7. The lowest BCUT2D eigenvalue weighted by Crippen LogP contribution is -2.22. The van der Waals surface area contributed by atoms with Crippen molar-refractivity contribution in [1.82, 2.24) is 10.3 Å². The van der Waals surface area contributed by atoms with Crippen LogP contribution in [0, 0.1) is 18.8 Å². The molecule has 1 heterocycles. The number of nitrogens with one attached hydrogen (secondary N) is 1. The van der Waals surface area contributed by atoms with Gasteiger partial charge in [-0.2, -0.15) is 0 Å². The first-order chi connectivity index (χ1) is 10.2. The molecule has 0 aliphatic rings. The topological polar surface area (TPSA) is 75.4 Å². The van der Waals surface area contributed by atoms with Crippen LogP contribution < -0.4 is 5.32 Å². The summed E-state index contributed by atoms with van der Waals surface area (Å²) in [6.45, 7) is 2.10. The van der Waals surface area contributed by atoms with Crippen LogP contribution in [0.4, 0.5) is 0 Å². The van der Waals surface area contributed by atoms with Crippen molar-refractivity contribution in [2.24, 2.45) is 0 Å². The Morgan fingerprint density at radius 2 is 2.14 bits per heavy atom. The molecule has 0 aliphatic carbocycles. The standard InChI is InChI=1S/C16H16N2O3/c1-12-10-17-15(21-12)11-18-16(20)14-7-5-13(6-8-14)4-2-3-9-19/h5-8,10,19H,3,9,11H2,1H3,(H,18,20). The summed E-state index contributed by atoms with van der Waals surface area (Å²) in [7, 11) is 0. The molecule has 0 radical (unpaired) electrons. The van der Waals surface area contributed by atoms with E-state index < -0.39 is 0 Å². The highest BCUT2D eigenvalue weighted by atomic mass is 16.4. The number of rotatable bonds is 4. The lowest BCUT2D eigenvalue weighted by atomic mass is 10.1. The van der Waals surface area contributed by atoms with Gasteiger partial charge in [-0.15, -0.1) is 0 Å². The van der Waals surface area contributed by atoms with E-state index in [2.05, 4.69) is 22.1 Å². The average Bonchev–Trinajstić information content (AvgIpc) is 2.91. The second-order valence-electron chi connectivity index (χ2n) is 4.40. The maximum atomic E-state index is 11.9. The minimum absolute atomic E-state index is 0.0494. The molecule has 5 heteroatoms. The number of aryl methyl sites for hydroxylation is 1. The monoisotopic (exact) mass is 284 g/mol. The highest BCUT2D eigenvalue weighted by Crippen LogP contribution is 2.05. The highest BCUT2D eigenvalue weighted by molar-refractivity contribution is 5.94. The first kappa shape index (κ1) is 14.8. The van der Waals surface area contributed by atoms with Crippen molar-refractivity contribution in [3.8, 4) is 11.8 Å². The highest BCUT2D eigenvalue weighted by Gasteiger charge is 2.07. The Morgan fingerprint density at radius 3 is 2.76 bits per heavy atom. The first-order valence-electron chi connectivity index (χ1n) is 6.58. The van der Waals surface area contributed by atoms with Crippen molar-refractivity contribution >= 4 is 5.91 Å². The van der Waals surface area contributed by atoms with Crippen molar-refractivity contribution in [3.63, 3.8) is 0 Å². The predicted octanol–water partition coefficient (Wildman–Crippen LogP) is 1.65. The molecule has 0 saturated carbocycles. The van der Waals surface area contributed by atoms with Gasteiger partial charge in [0.25, 0.3) is 5.91 Å². The third-order valence-corrected chi connectivity index (χ3v) is 2.69. The van der Waals surface area contributed by atoms with E-state index in [0.29, 0.717) is 23.6 Å². The van der Waals surface area contributed by atoms with E-state index in [1.807, 2.05) is 0 Å². The molecule has 0 saturated heterocycles. The Labute approximate surface area is 123 Å². The minimum atomic E-state index is -0.194. The lowest BCUT2D eigenvalue weighted by Gasteiger charge is -2.02. The molecule has 0 atom stereocenters. The molecule has 2 aromatic rings. The molecule has 0 bridgehead atoms. The van der Waals surface area contributed by atoms with Crippen LogP contribution in [0.15, 0.2) is 34.9 Å². The largest absolute Gasteiger partial charge is 0.444 e. The molecule has 1 amide bonds. The Morgan fingerprint density at radius 1 is 1.38 bits per heavy atom. The van der Waals surface area contributed by atoms with Gasteiger partial charge in [-0.1, -0.05) is 11.8 Å². The number of aromatic nitrogens is 1. The molecular formula is C16H16N2O3. The summed E-state index contributed by atoms with van der Waals surface area (Å²) in [5.74, 6) is 6.73. The van der Waals surface area contributed by atoms with E-state index in [-0.39, 0.29) is 19.1 Å². The maximum absolute atomic E-state index is 11.9. The van der Waals surface area contributed by atoms with Crippen molar-refractivity contribution in [2.75, 3.05) is 6.61 Å². The SMILES string of the molecule is Cc1cnc(CNC(=O)c2ccc(C#CCCO)cc2)o1. The summed E-state index contributed by atoms with van der Waals surface area (Å²) in [6, 6.07) is 6.96.